The van der Waals surface area contributed by atoms with Crippen LogP contribution >= 0.6 is 0 Å². The third-order valence-corrected chi connectivity index (χ3v) is 6.33. The molecule has 1 saturated heterocycles. The van der Waals surface area contributed by atoms with Gasteiger partial charge in [-0.3, -0.25) is 9.69 Å². The summed E-state index contributed by atoms with van der Waals surface area (Å²) in [6, 6.07) is 6.99. The lowest BCUT2D eigenvalue weighted by Gasteiger charge is -2.24. The van der Waals surface area contributed by atoms with Crippen molar-refractivity contribution >= 4 is 27.6 Å². The molecule has 1 aromatic carbocycles. The molecule has 0 unspecified atom stereocenters. The molecule has 7 nitrogen and oxygen atoms in total. The van der Waals surface area contributed by atoms with E-state index < -0.39 is 32.8 Å². The number of benzene rings is 1. The number of carbonyl (C=O) groups is 2. The molecule has 2 atom stereocenters. The number of amides is 1. The number of aliphatic carboxylic acids is 1. The molecule has 0 bridgehead atoms. The van der Waals surface area contributed by atoms with Crippen LogP contribution < -0.4 is 4.90 Å². The van der Waals surface area contributed by atoms with Gasteiger partial charge in [-0.15, -0.1) is 0 Å². The van der Waals surface area contributed by atoms with E-state index in [-0.39, 0.29) is 13.0 Å². The number of nitrogens with zero attached hydrogens (tertiary/aromatic N) is 1. The summed E-state index contributed by atoms with van der Waals surface area (Å²) in [4.78, 5) is 24.9. The average Bonchev–Trinajstić information content (AvgIpc) is 2.92. The van der Waals surface area contributed by atoms with Crippen molar-refractivity contribution in [2.45, 2.75) is 37.5 Å². The van der Waals surface area contributed by atoms with Crippen LogP contribution in [0.4, 0.5) is 10.5 Å². The van der Waals surface area contributed by atoms with Gasteiger partial charge in [0.1, 0.15) is 6.10 Å². The predicted octanol–water partition coefficient (Wildman–Crippen LogP) is 2.05. The first-order chi connectivity index (χ1) is 12.1. The van der Waals surface area contributed by atoms with Crippen LogP contribution in [0.1, 0.15) is 32.3 Å². The fraction of sp³-hybridized carbons (Fsp3) is 0.444. The minimum absolute atomic E-state index is 0.0806. The topological polar surface area (TPSA) is 101 Å². The maximum atomic E-state index is 12.1. The van der Waals surface area contributed by atoms with Gasteiger partial charge in [0.05, 0.1) is 6.54 Å². The molecule has 1 aromatic rings. The molecular weight excluding hydrogens is 358 g/mol. The molecule has 8 heteroatoms. The highest BCUT2D eigenvalue weighted by Crippen LogP contribution is 2.30. The lowest BCUT2D eigenvalue weighted by atomic mass is 10.0. The number of carboxylic acid groups (broad SMARTS) is 1. The normalized spacial score (nSPS) is 19.3. The van der Waals surface area contributed by atoms with Crippen molar-refractivity contribution in [3.05, 3.63) is 29.8 Å². The third-order valence-electron chi connectivity index (χ3n) is 4.35. The Bertz CT molecular complexity index is 865. The molecule has 1 aliphatic heterocycles. The second-order valence-electron chi connectivity index (χ2n) is 6.33. The van der Waals surface area contributed by atoms with Crippen LogP contribution in [0, 0.1) is 11.8 Å². The molecular formula is C18H21NO6S. The third kappa shape index (κ3) is 3.99. The van der Waals surface area contributed by atoms with Gasteiger partial charge in [-0.05, 0) is 31.2 Å². The number of carboxylic acids is 1. The Labute approximate surface area is 152 Å². The highest BCUT2D eigenvalue weighted by Gasteiger charge is 2.48. The van der Waals surface area contributed by atoms with Crippen LogP contribution in [-0.4, -0.2) is 49.2 Å². The van der Waals surface area contributed by atoms with E-state index in [9.17, 15) is 23.1 Å². The molecule has 2 rings (SSSR count). The number of rotatable bonds is 5. The maximum absolute atomic E-state index is 12.1. The van der Waals surface area contributed by atoms with Crippen LogP contribution in [-0.2, 0) is 19.4 Å². The Balaban J connectivity index is 2.17. The standard InChI is InChI=1S/C18H21NO6S/c1-4-5-6-13-7-9-14(10-8-13)19-12-15(25-17(19)22)11-18(2,16(20)21)26(3,23)24/h7-10,15H,4,11-12H2,1-3H3,(H,20,21)/t15-,18+/m0/s1. The Morgan fingerprint density at radius 3 is 2.50 bits per heavy atom. The molecule has 140 valence electrons. The zero-order valence-electron chi connectivity index (χ0n) is 14.9. The first-order valence-electron chi connectivity index (χ1n) is 8.08. The molecule has 0 aliphatic carbocycles. The SMILES string of the molecule is CCC#Cc1ccc(N2C[C@H](C[C@](C)(C(=O)O)S(C)(=O)=O)OC2=O)cc1. The van der Waals surface area contributed by atoms with E-state index in [0.717, 1.165) is 25.2 Å². The van der Waals surface area contributed by atoms with E-state index in [1.54, 1.807) is 24.3 Å². The molecule has 1 heterocycles. The van der Waals surface area contributed by atoms with Gasteiger partial charge in [-0.1, -0.05) is 18.8 Å². The smallest absolute Gasteiger partial charge is 0.414 e. The van der Waals surface area contributed by atoms with Crippen LogP contribution in [0.2, 0.25) is 0 Å². The van der Waals surface area contributed by atoms with Crippen molar-refractivity contribution in [3.8, 4) is 11.8 Å². The molecule has 26 heavy (non-hydrogen) atoms. The molecule has 0 spiro atoms. The van der Waals surface area contributed by atoms with Gasteiger partial charge in [0, 0.05) is 30.3 Å². The largest absolute Gasteiger partial charge is 0.480 e. The quantitative estimate of drug-likeness (QED) is 0.786. The fourth-order valence-electron chi connectivity index (χ4n) is 2.59. The Morgan fingerprint density at radius 1 is 1.38 bits per heavy atom. The Kier molecular flexibility index (Phi) is 5.62. The minimum Gasteiger partial charge on any atom is -0.480 e. The van der Waals surface area contributed by atoms with E-state index in [1.807, 2.05) is 6.92 Å². The molecule has 1 aliphatic rings. The van der Waals surface area contributed by atoms with Crippen LogP contribution in [0.25, 0.3) is 0 Å². The van der Waals surface area contributed by atoms with Crippen LogP contribution in [0.3, 0.4) is 0 Å². The van der Waals surface area contributed by atoms with Gasteiger partial charge < -0.3 is 9.84 Å². The Hall–Kier alpha value is -2.53. The summed E-state index contributed by atoms with van der Waals surface area (Å²) >= 11 is 0. The van der Waals surface area contributed by atoms with Crippen molar-refractivity contribution in [2.75, 3.05) is 17.7 Å². The maximum Gasteiger partial charge on any atom is 0.414 e. The summed E-state index contributed by atoms with van der Waals surface area (Å²) in [6.07, 6.45) is -0.179. The molecule has 0 saturated carbocycles. The zero-order valence-corrected chi connectivity index (χ0v) is 15.7. The Morgan fingerprint density at radius 2 is 2.00 bits per heavy atom. The average molecular weight is 379 g/mol. The van der Waals surface area contributed by atoms with E-state index in [0.29, 0.717) is 5.69 Å². The molecule has 0 aromatic heterocycles. The van der Waals surface area contributed by atoms with E-state index in [4.69, 9.17) is 4.74 Å². The zero-order chi connectivity index (χ0) is 19.5. The summed E-state index contributed by atoms with van der Waals surface area (Å²) in [5.41, 5.74) is 1.39. The fourth-order valence-corrected chi connectivity index (χ4v) is 3.39. The van der Waals surface area contributed by atoms with E-state index in [1.165, 1.54) is 4.90 Å². The minimum atomic E-state index is -3.89. The second-order valence-corrected chi connectivity index (χ2v) is 8.78. The van der Waals surface area contributed by atoms with Gasteiger partial charge >= 0.3 is 12.1 Å². The first kappa shape index (κ1) is 19.8. The molecule has 0 radical (unpaired) electrons. The highest BCUT2D eigenvalue weighted by atomic mass is 32.2. The van der Waals surface area contributed by atoms with Crippen molar-refractivity contribution < 1.29 is 27.9 Å². The van der Waals surface area contributed by atoms with Gasteiger partial charge in [0.15, 0.2) is 14.6 Å². The van der Waals surface area contributed by atoms with E-state index in [2.05, 4.69) is 11.8 Å². The number of cyclic esters (lactones) is 1. The first-order valence-corrected chi connectivity index (χ1v) is 9.97. The monoisotopic (exact) mass is 379 g/mol. The number of ether oxygens (including phenoxy) is 1. The summed E-state index contributed by atoms with van der Waals surface area (Å²) in [5, 5.41) is 9.33. The highest BCUT2D eigenvalue weighted by molar-refractivity contribution is 7.92. The number of sulfone groups is 1. The lowest BCUT2D eigenvalue weighted by molar-refractivity contribution is -0.140. The number of hydrogen-bond donors (Lipinski definition) is 1. The summed E-state index contributed by atoms with van der Waals surface area (Å²) < 4.78 is 27.0. The lowest BCUT2D eigenvalue weighted by Crippen LogP contribution is -2.46. The van der Waals surface area contributed by atoms with E-state index >= 15 is 0 Å². The van der Waals surface area contributed by atoms with Crippen molar-refractivity contribution in [1.82, 2.24) is 0 Å². The van der Waals surface area contributed by atoms with Gasteiger partial charge in [-0.2, -0.15) is 0 Å². The van der Waals surface area contributed by atoms with Gasteiger partial charge in [-0.25, -0.2) is 13.2 Å². The summed E-state index contributed by atoms with van der Waals surface area (Å²) in [7, 11) is -3.89. The van der Waals surface area contributed by atoms with Crippen molar-refractivity contribution in [2.24, 2.45) is 0 Å². The number of carbonyl (C=O) groups excluding carboxylic acids is 1. The van der Waals surface area contributed by atoms with Crippen LogP contribution in [0.5, 0.6) is 0 Å². The van der Waals surface area contributed by atoms with Crippen molar-refractivity contribution in [1.29, 1.82) is 0 Å². The molecule has 1 fully saturated rings. The van der Waals surface area contributed by atoms with Gasteiger partial charge in [0.25, 0.3) is 0 Å². The number of anilines is 1. The number of hydrogen-bond acceptors (Lipinski definition) is 5. The second kappa shape index (κ2) is 7.38. The van der Waals surface area contributed by atoms with Crippen molar-refractivity contribution in [3.63, 3.8) is 0 Å². The van der Waals surface area contributed by atoms with Gasteiger partial charge in [0.2, 0.25) is 0 Å². The predicted molar refractivity (Wildman–Crippen MR) is 96.7 cm³/mol. The van der Waals surface area contributed by atoms with Crippen LogP contribution in [0.15, 0.2) is 24.3 Å². The molecule has 1 amide bonds. The summed E-state index contributed by atoms with van der Waals surface area (Å²) in [6.45, 7) is 3.16. The molecule has 1 N–H and O–H groups in total. The summed E-state index contributed by atoms with van der Waals surface area (Å²) in [5.74, 6) is 4.46.